The number of alkyl halides is 2. The number of rotatable bonds is 5. The molecule has 0 aromatic rings. The minimum absolute atomic E-state index is 0.189. The van der Waals surface area contributed by atoms with Crippen LogP contribution in [0.1, 0.15) is 108 Å². The van der Waals surface area contributed by atoms with E-state index in [9.17, 15) is 13.6 Å². The van der Waals surface area contributed by atoms with Gasteiger partial charge in [0, 0.05) is 6.42 Å². The third kappa shape index (κ3) is 25.7. The molecule has 1 aliphatic rings. The Morgan fingerprint density at radius 3 is 1.48 bits per heavy atom. The van der Waals surface area contributed by atoms with Crippen molar-refractivity contribution in [3.63, 3.8) is 0 Å². The summed E-state index contributed by atoms with van der Waals surface area (Å²) in [5.74, 6) is -1.91. The molecule has 2 nitrogen and oxygen atoms in total. The Morgan fingerprint density at radius 1 is 0.920 bits per heavy atom. The Kier molecular flexibility index (Phi) is 29.9. The van der Waals surface area contributed by atoms with E-state index in [0.29, 0.717) is 6.42 Å². The van der Waals surface area contributed by atoms with Crippen LogP contribution in [-0.4, -0.2) is 29.8 Å². The van der Waals surface area contributed by atoms with Gasteiger partial charge in [-0.3, -0.25) is 4.79 Å². The van der Waals surface area contributed by atoms with Gasteiger partial charge in [-0.1, -0.05) is 101 Å². The molecule has 0 N–H and O–H groups in total. The van der Waals surface area contributed by atoms with Crippen molar-refractivity contribution >= 4 is 5.91 Å². The summed E-state index contributed by atoms with van der Waals surface area (Å²) in [5.41, 5.74) is 0. The van der Waals surface area contributed by atoms with E-state index in [1.54, 1.807) is 6.92 Å². The van der Waals surface area contributed by atoms with Gasteiger partial charge < -0.3 is 4.90 Å². The molecular formula is C21H47F2NO. The highest BCUT2D eigenvalue weighted by molar-refractivity contribution is 5.76. The summed E-state index contributed by atoms with van der Waals surface area (Å²) < 4.78 is 24.2. The topological polar surface area (TPSA) is 20.3 Å². The van der Waals surface area contributed by atoms with Crippen molar-refractivity contribution in [3.8, 4) is 0 Å². The van der Waals surface area contributed by atoms with Crippen molar-refractivity contribution in [2.45, 2.75) is 114 Å². The number of hydrogen-bond donors (Lipinski definition) is 0. The molecule has 1 aliphatic heterocycles. The number of unbranched alkanes of at least 4 members (excludes halogenated alkanes) is 2. The lowest BCUT2D eigenvalue weighted by molar-refractivity contribution is -0.165. The van der Waals surface area contributed by atoms with E-state index in [1.165, 1.54) is 37.0 Å². The lowest BCUT2D eigenvalue weighted by Gasteiger charge is -2.38. The smallest absolute Gasteiger partial charge is 0.282 e. The van der Waals surface area contributed by atoms with Crippen LogP contribution in [0.15, 0.2) is 0 Å². The van der Waals surface area contributed by atoms with Gasteiger partial charge in [0.25, 0.3) is 5.92 Å². The normalized spacial score (nSPS) is 13.4. The molecule has 1 heterocycles. The summed E-state index contributed by atoms with van der Waals surface area (Å²) in [7, 11) is 0. The molecule has 1 amide bonds. The summed E-state index contributed by atoms with van der Waals surface area (Å²) >= 11 is 0. The third-order valence-corrected chi connectivity index (χ3v) is 3.13. The molecule has 0 radical (unpaired) electrons. The SMILES string of the molecule is CC.CC.CCC(=O)N1CC(F)(F)C1.CCCC.CCCCC(C)C. The molecule has 0 aromatic heterocycles. The summed E-state index contributed by atoms with van der Waals surface area (Å²) in [6, 6.07) is 0. The van der Waals surface area contributed by atoms with Crippen molar-refractivity contribution < 1.29 is 13.6 Å². The first kappa shape index (κ1) is 32.0. The maximum atomic E-state index is 12.1. The fourth-order valence-corrected chi connectivity index (χ4v) is 1.52. The summed E-state index contributed by atoms with van der Waals surface area (Å²) in [5, 5.41) is 0. The maximum absolute atomic E-state index is 12.1. The van der Waals surface area contributed by atoms with Crippen LogP contribution >= 0.6 is 0 Å². The molecule has 25 heavy (non-hydrogen) atoms. The molecule has 1 rings (SSSR count). The van der Waals surface area contributed by atoms with E-state index in [1.807, 2.05) is 27.7 Å². The van der Waals surface area contributed by atoms with Crippen LogP contribution < -0.4 is 0 Å². The number of carbonyl (C=O) groups is 1. The van der Waals surface area contributed by atoms with Gasteiger partial charge in [0.1, 0.15) is 0 Å². The average molecular weight is 368 g/mol. The van der Waals surface area contributed by atoms with Crippen molar-refractivity contribution in [3.05, 3.63) is 0 Å². The van der Waals surface area contributed by atoms with Crippen LogP contribution in [0.2, 0.25) is 0 Å². The lowest BCUT2D eigenvalue weighted by atomic mass is 10.1. The zero-order valence-electron chi connectivity index (χ0n) is 18.8. The molecule has 4 heteroatoms. The first-order valence-electron chi connectivity index (χ1n) is 10.4. The van der Waals surface area contributed by atoms with E-state index >= 15 is 0 Å². The number of halogens is 2. The van der Waals surface area contributed by atoms with Crippen molar-refractivity contribution in [1.82, 2.24) is 4.90 Å². The number of nitrogens with zero attached hydrogens (tertiary/aromatic N) is 1. The van der Waals surface area contributed by atoms with Crippen molar-refractivity contribution in [1.29, 1.82) is 0 Å². The quantitative estimate of drug-likeness (QED) is 0.491. The highest BCUT2D eigenvalue weighted by Gasteiger charge is 2.45. The number of amides is 1. The monoisotopic (exact) mass is 367 g/mol. The van der Waals surface area contributed by atoms with Crippen LogP contribution in [0.25, 0.3) is 0 Å². The zero-order chi connectivity index (χ0) is 20.9. The predicted octanol–water partition coefficient (Wildman–Crippen LogP) is 7.57. The first-order chi connectivity index (χ1) is 11.7. The van der Waals surface area contributed by atoms with Crippen LogP contribution in [0.4, 0.5) is 8.78 Å². The highest BCUT2D eigenvalue weighted by atomic mass is 19.3. The zero-order valence-corrected chi connectivity index (χ0v) is 18.8. The standard InChI is InChI=1S/C7H16.C6H9F2NO.C4H10.2C2H6/c1-4-5-6-7(2)3;1-2-5(10)9-3-6(7,8)4-9;1-3-4-2;2*1-2/h7H,4-6H2,1-3H3;2-4H2,1H3;3-4H2,1-2H3;2*1-2H3. The Hall–Kier alpha value is -0.670. The van der Waals surface area contributed by atoms with Gasteiger partial charge in [-0.15, -0.1) is 0 Å². The largest absolute Gasteiger partial charge is 0.330 e. The lowest BCUT2D eigenvalue weighted by Crippen LogP contribution is -2.58. The van der Waals surface area contributed by atoms with Crippen LogP contribution in [0.3, 0.4) is 0 Å². The van der Waals surface area contributed by atoms with Crippen LogP contribution in [0, 0.1) is 5.92 Å². The molecule has 0 aliphatic carbocycles. The summed E-state index contributed by atoms with van der Waals surface area (Å²) in [6.45, 7) is 20.0. The minimum Gasteiger partial charge on any atom is -0.330 e. The number of carbonyl (C=O) groups excluding carboxylic acids is 1. The van der Waals surface area contributed by atoms with Gasteiger partial charge in [0.2, 0.25) is 5.91 Å². The number of hydrogen-bond acceptors (Lipinski definition) is 1. The van der Waals surface area contributed by atoms with E-state index in [2.05, 4.69) is 34.6 Å². The molecule has 1 saturated heterocycles. The van der Waals surface area contributed by atoms with E-state index < -0.39 is 5.92 Å². The predicted molar refractivity (Wildman–Crippen MR) is 109 cm³/mol. The molecular weight excluding hydrogens is 320 g/mol. The van der Waals surface area contributed by atoms with E-state index in [0.717, 1.165) is 5.92 Å². The highest BCUT2D eigenvalue weighted by Crippen LogP contribution is 2.26. The molecule has 0 bridgehead atoms. The molecule has 0 saturated carbocycles. The first-order valence-corrected chi connectivity index (χ1v) is 10.4. The third-order valence-electron chi connectivity index (χ3n) is 3.13. The second-order valence-electron chi connectivity index (χ2n) is 6.00. The fourth-order valence-electron chi connectivity index (χ4n) is 1.52. The molecule has 0 aromatic carbocycles. The second-order valence-corrected chi connectivity index (χ2v) is 6.00. The fraction of sp³-hybridized carbons (Fsp3) is 0.952. The second kappa shape index (κ2) is 23.3. The van der Waals surface area contributed by atoms with Crippen LogP contribution in [-0.2, 0) is 4.79 Å². The van der Waals surface area contributed by atoms with Gasteiger partial charge >= 0.3 is 0 Å². The van der Waals surface area contributed by atoms with Gasteiger partial charge in [-0.2, -0.15) is 0 Å². The molecule has 0 atom stereocenters. The van der Waals surface area contributed by atoms with Gasteiger partial charge in [0.15, 0.2) is 0 Å². The Balaban J connectivity index is -0.000000129. The van der Waals surface area contributed by atoms with Crippen molar-refractivity contribution in [2.24, 2.45) is 5.92 Å². The minimum atomic E-state index is -2.62. The maximum Gasteiger partial charge on any atom is 0.282 e. The van der Waals surface area contributed by atoms with Gasteiger partial charge in [-0.25, -0.2) is 8.78 Å². The molecule has 0 spiro atoms. The van der Waals surface area contributed by atoms with Gasteiger partial charge in [0.05, 0.1) is 13.1 Å². The van der Waals surface area contributed by atoms with E-state index in [4.69, 9.17) is 0 Å². The number of likely N-dealkylation sites (tertiary alicyclic amines) is 1. The molecule has 156 valence electrons. The van der Waals surface area contributed by atoms with Gasteiger partial charge in [-0.05, 0) is 5.92 Å². The summed E-state index contributed by atoms with van der Waals surface area (Å²) in [6.07, 6.45) is 7.10. The Labute approximate surface area is 157 Å². The Morgan fingerprint density at radius 2 is 1.32 bits per heavy atom. The van der Waals surface area contributed by atoms with E-state index in [-0.39, 0.29) is 19.0 Å². The Bertz CT molecular complexity index is 246. The summed E-state index contributed by atoms with van der Waals surface area (Å²) in [4.78, 5) is 11.8. The molecule has 0 unspecified atom stereocenters. The average Bonchev–Trinajstić information content (AvgIpc) is 2.61. The van der Waals surface area contributed by atoms with Crippen molar-refractivity contribution in [2.75, 3.05) is 13.1 Å². The molecule has 1 fully saturated rings. The van der Waals surface area contributed by atoms with Crippen LogP contribution in [0.5, 0.6) is 0 Å².